The van der Waals surface area contributed by atoms with E-state index in [1.54, 1.807) is 0 Å². The lowest BCUT2D eigenvalue weighted by Crippen LogP contribution is -2.43. The van der Waals surface area contributed by atoms with Gasteiger partial charge in [0.25, 0.3) is 0 Å². The van der Waals surface area contributed by atoms with E-state index in [0.29, 0.717) is 6.04 Å². The fraction of sp³-hybridized carbons (Fsp3) is 0.882. The van der Waals surface area contributed by atoms with E-state index in [9.17, 15) is 0 Å². The van der Waals surface area contributed by atoms with E-state index in [1.807, 2.05) is 0 Å². The zero-order valence-corrected chi connectivity index (χ0v) is 14.4. The fourth-order valence-corrected chi connectivity index (χ4v) is 3.60. The van der Waals surface area contributed by atoms with Gasteiger partial charge < -0.3 is 9.26 Å². The summed E-state index contributed by atoms with van der Waals surface area (Å²) in [5, 5.41) is 4.08. The molecule has 6 nitrogen and oxygen atoms in total. The standard InChI is InChI=1S/C17H30N4O2/c1-2-5-16-18-17(23-19-16)14-21-8-4-3-6-15(21)7-9-20-10-12-22-13-11-20/h15H,2-14H2,1H3. The number of piperidine rings is 1. The van der Waals surface area contributed by atoms with Gasteiger partial charge in [-0.2, -0.15) is 4.98 Å². The summed E-state index contributed by atoms with van der Waals surface area (Å²) < 4.78 is 10.9. The maximum Gasteiger partial charge on any atom is 0.240 e. The molecule has 2 fully saturated rings. The molecule has 0 bridgehead atoms. The lowest BCUT2D eigenvalue weighted by molar-refractivity contribution is 0.0294. The highest BCUT2D eigenvalue weighted by atomic mass is 16.5. The molecule has 23 heavy (non-hydrogen) atoms. The second-order valence-electron chi connectivity index (χ2n) is 6.72. The second-order valence-corrected chi connectivity index (χ2v) is 6.72. The Morgan fingerprint density at radius 3 is 2.87 bits per heavy atom. The smallest absolute Gasteiger partial charge is 0.240 e. The van der Waals surface area contributed by atoms with Gasteiger partial charge in [0, 0.05) is 25.6 Å². The first-order chi connectivity index (χ1) is 11.3. The summed E-state index contributed by atoms with van der Waals surface area (Å²) in [5.41, 5.74) is 0. The Morgan fingerprint density at radius 1 is 1.17 bits per heavy atom. The summed E-state index contributed by atoms with van der Waals surface area (Å²) in [6.07, 6.45) is 7.12. The minimum Gasteiger partial charge on any atom is -0.379 e. The van der Waals surface area contributed by atoms with Gasteiger partial charge in [0.2, 0.25) is 5.89 Å². The van der Waals surface area contributed by atoms with Crippen LogP contribution in [0.25, 0.3) is 0 Å². The van der Waals surface area contributed by atoms with Crippen molar-refractivity contribution in [1.29, 1.82) is 0 Å². The number of hydrogen-bond acceptors (Lipinski definition) is 6. The first kappa shape index (κ1) is 16.9. The number of rotatable bonds is 7. The van der Waals surface area contributed by atoms with Crippen LogP contribution in [0.3, 0.4) is 0 Å². The highest BCUT2D eigenvalue weighted by molar-refractivity contribution is 4.89. The second kappa shape index (κ2) is 8.76. The van der Waals surface area contributed by atoms with Crippen molar-refractivity contribution >= 4 is 0 Å². The first-order valence-electron chi connectivity index (χ1n) is 9.20. The van der Waals surface area contributed by atoms with E-state index in [-0.39, 0.29) is 0 Å². The molecule has 130 valence electrons. The summed E-state index contributed by atoms with van der Waals surface area (Å²) in [4.78, 5) is 9.61. The van der Waals surface area contributed by atoms with Gasteiger partial charge in [-0.05, 0) is 38.8 Å². The van der Waals surface area contributed by atoms with Crippen LogP contribution in [0.15, 0.2) is 4.52 Å². The van der Waals surface area contributed by atoms with E-state index in [4.69, 9.17) is 9.26 Å². The fourth-order valence-electron chi connectivity index (χ4n) is 3.60. The minimum atomic E-state index is 0.646. The quantitative estimate of drug-likeness (QED) is 0.766. The minimum absolute atomic E-state index is 0.646. The summed E-state index contributed by atoms with van der Waals surface area (Å²) in [7, 11) is 0. The molecule has 0 aliphatic carbocycles. The molecule has 0 saturated carbocycles. The van der Waals surface area contributed by atoms with Crippen molar-refractivity contribution < 1.29 is 9.26 Å². The average molecular weight is 322 g/mol. The summed E-state index contributed by atoms with van der Waals surface area (Å²) >= 11 is 0. The molecule has 2 aliphatic rings. The number of aryl methyl sites for hydroxylation is 1. The van der Waals surface area contributed by atoms with Crippen molar-refractivity contribution in [2.75, 3.05) is 39.4 Å². The van der Waals surface area contributed by atoms with Crippen LogP contribution in [-0.4, -0.2) is 65.4 Å². The Labute approximate surface area is 139 Å². The van der Waals surface area contributed by atoms with E-state index in [2.05, 4.69) is 26.9 Å². The third-order valence-electron chi connectivity index (χ3n) is 4.95. The maximum atomic E-state index is 5.43. The molecule has 0 aromatic carbocycles. The number of morpholine rings is 1. The predicted octanol–water partition coefficient (Wildman–Crippen LogP) is 2.10. The molecular weight excluding hydrogens is 292 g/mol. The average Bonchev–Trinajstić information content (AvgIpc) is 3.03. The Balaban J connectivity index is 1.50. The zero-order chi connectivity index (χ0) is 15.9. The topological polar surface area (TPSA) is 54.6 Å². The highest BCUT2D eigenvalue weighted by Crippen LogP contribution is 2.22. The zero-order valence-electron chi connectivity index (χ0n) is 14.4. The molecule has 1 unspecified atom stereocenters. The van der Waals surface area contributed by atoms with Crippen molar-refractivity contribution in [1.82, 2.24) is 19.9 Å². The monoisotopic (exact) mass is 322 g/mol. The molecule has 0 spiro atoms. The number of aromatic nitrogens is 2. The number of hydrogen-bond donors (Lipinski definition) is 0. The third kappa shape index (κ3) is 4.99. The van der Waals surface area contributed by atoms with Gasteiger partial charge in [-0.1, -0.05) is 18.5 Å². The molecule has 0 radical (unpaired) electrons. The van der Waals surface area contributed by atoms with Crippen LogP contribution in [-0.2, 0) is 17.7 Å². The van der Waals surface area contributed by atoms with Gasteiger partial charge in [-0.15, -0.1) is 0 Å². The molecule has 3 heterocycles. The van der Waals surface area contributed by atoms with E-state index >= 15 is 0 Å². The molecule has 2 aliphatic heterocycles. The van der Waals surface area contributed by atoms with Crippen LogP contribution in [0.1, 0.15) is 50.7 Å². The van der Waals surface area contributed by atoms with Crippen molar-refractivity contribution in [3.63, 3.8) is 0 Å². The van der Waals surface area contributed by atoms with Crippen LogP contribution < -0.4 is 0 Å². The van der Waals surface area contributed by atoms with Crippen molar-refractivity contribution in [2.24, 2.45) is 0 Å². The molecule has 0 N–H and O–H groups in total. The summed E-state index contributed by atoms with van der Waals surface area (Å²) in [6.45, 7) is 9.21. The van der Waals surface area contributed by atoms with Crippen LogP contribution in [0.4, 0.5) is 0 Å². The van der Waals surface area contributed by atoms with Gasteiger partial charge in [0.05, 0.1) is 19.8 Å². The van der Waals surface area contributed by atoms with Crippen LogP contribution in [0.2, 0.25) is 0 Å². The Bertz CT molecular complexity index is 459. The van der Waals surface area contributed by atoms with Gasteiger partial charge in [-0.3, -0.25) is 9.80 Å². The molecule has 2 saturated heterocycles. The van der Waals surface area contributed by atoms with Crippen molar-refractivity contribution in [3.05, 3.63) is 11.7 Å². The number of likely N-dealkylation sites (tertiary alicyclic amines) is 1. The van der Waals surface area contributed by atoms with Gasteiger partial charge in [0.15, 0.2) is 5.82 Å². The first-order valence-corrected chi connectivity index (χ1v) is 9.20. The predicted molar refractivity (Wildman–Crippen MR) is 88.2 cm³/mol. The molecular formula is C17H30N4O2. The Hall–Kier alpha value is -0.980. The maximum absolute atomic E-state index is 5.43. The molecule has 1 aromatic rings. The molecule has 3 rings (SSSR count). The largest absolute Gasteiger partial charge is 0.379 e. The van der Waals surface area contributed by atoms with Crippen LogP contribution in [0.5, 0.6) is 0 Å². The summed E-state index contributed by atoms with van der Waals surface area (Å²) in [5.74, 6) is 1.64. The van der Waals surface area contributed by atoms with E-state index in [0.717, 1.165) is 63.9 Å². The molecule has 1 atom stereocenters. The van der Waals surface area contributed by atoms with Gasteiger partial charge >= 0.3 is 0 Å². The van der Waals surface area contributed by atoms with E-state index in [1.165, 1.54) is 32.2 Å². The van der Waals surface area contributed by atoms with Gasteiger partial charge in [-0.25, -0.2) is 0 Å². The SMILES string of the molecule is CCCc1noc(CN2CCCCC2CCN2CCOCC2)n1. The normalized spacial score (nSPS) is 24.1. The highest BCUT2D eigenvalue weighted by Gasteiger charge is 2.25. The van der Waals surface area contributed by atoms with Crippen LogP contribution >= 0.6 is 0 Å². The van der Waals surface area contributed by atoms with Crippen LogP contribution in [0, 0.1) is 0 Å². The summed E-state index contributed by atoms with van der Waals surface area (Å²) in [6, 6.07) is 0.646. The van der Waals surface area contributed by atoms with Crippen molar-refractivity contribution in [2.45, 2.75) is 58.0 Å². The number of ether oxygens (including phenoxy) is 1. The molecule has 0 amide bonds. The Morgan fingerprint density at radius 2 is 2.04 bits per heavy atom. The molecule has 6 heteroatoms. The third-order valence-corrected chi connectivity index (χ3v) is 4.95. The van der Waals surface area contributed by atoms with Gasteiger partial charge in [0.1, 0.15) is 0 Å². The Kier molecular flexibility index (Phi) is 6.42. The lowest BCUT2D eigenvalue weighted by atomic mass is 9.99. The van der Waals surface area contributed by atoms with E-state index < -0.39 is 0 Å². The lowest BCUT2D eigenvalue weighted by Gasteiger charge is -2.36. The number of nitrogens with zero attached hydrogens (tertiary/aromatic N) is 4. The molecule has 1 aromatic heterocycles. The van der Waals surface area contributed by atoms with Crippen molar-refractivity contribution in [3.8, 4) is 0 Å².